The van der Waals surface area contributed by atoms with E-state index in [0.717, 1.165) is 11.4 Å². The van der Waals surface area contributed by atoms with Crippen molar-refractivity contribution < 1.29 is 18.1 Å². The molecule has 8 heteroatoms. The number of ketones is 1. The van der Waals surface area contributed by atoms with Crippen LogP contribution in [-0.4, -0.2) is 24.9 Å². The topological polar surface area (TPSA) is 97.6 Å². The molecule has 5 rings (SSSR count). The van der Waals surface area contributed by atoms with Crippen molar-refractivity contribution in [3.05, 3.63) is 92.1 Å². The van der Waals surface area contributed by atoms with E-state index in [-0.39, 0.29) is 27.5 Å². The third-order valence-electron chi connectivity index (χ3n) is 6.64. The number of carbonyl (C=O) groups excluding carboxylic acids is 1. The second-order valence-electron chi connectivity index (χ2n) is 9.64. The fraction of sp³-hybridized carbons (Fsp3) is 0.320. The van der Waals surface area contributed by atoms with E-state index in [1.807, 2.05) is 49.1 Å². The van der Waals surface area contributed by atoms with Gasteiger partial charge in [-0.1, -0.05) is 44.2 Å². The van der Waals surface area contributed by atoms with Gasteiger partial charge in [0.05, 0.1) is 21.5 Å². The highest BCUT2D eigenvalue weighted by atomic mass is 32.2. The number of para-hydroxylation sites is 1. The molecule has 0 fully saturated rings. The molecule has 1 unspecified atom stereocenters. The average Bonchev–Trinajstić information content (AvgIpc) is 3.07. The van der Waals surface area contributed by atoms with Gasteiger partial charge in [0.1, 0.15) is 0 Å². The molecule has 2 aromatic carbocycles. The van der Waals surface area contributed by atoms with Crippen molar-refractivity contribution in [2.45, 2.75) is 39.0 Å². The van der Waals surface area contributed by atoms with Crippen LogP contribution in [0.4, 0.5) is 11.4 Å². The Morgan fingerprint density at radius 2 is 1.76 bits per heavy atom. The molecule has 3 aliphatic rings. The number of sulfone groups is 1. The van der Waals surface area contributed by atoms with Gasteiger partial charge in [-0.2, -0.15) is 0 Å². The first kappa shape index (κ1) is 21.6. The van der Waals surface area contributed by atoms with Crippen molar-refractivity contribution in [2.75, 3.05) is 10.7 Å². The summed E-state index contributed by atoms with van der Waals surface area (Å²) in [4.78, 5) is 26.7. The van der Waals surface area contributed by atoms with E-state index in [2.05, 4.69) is 0 Å². The standard InChI is InChI=1S/C25H24N2O5S/c1-25(2)14-20-23(21(28)15-25)22(16-7-6-10-18(13-16)27(29)30)24-19(11-12-33(24,31)32)26(20)17-8-4-3-5-9-17/h3-10,13,22H,11-12,14-15H2,1-2H3. The Balaban J connectivity index is 1.83. The van der Waals surface area contributed by atoms with Crippen LogP contribution in [-0.2, 0) is 14.6 Å². The number of Topliss-reactive ketones (excluding diaryl/α,β-unsaturated/α-hetero) is 1. The van der Waals surface area contributed by atoms with E-state index < -0.39 is 20.7 Å². The SMILES string of the molecule is CC1(C)CC(=O)C2=C(C1)N(c1ccccc1)C1=C(C2c2cccc([N+](=O)[O-])c2)S(=O)(=O)CC1. The number of allylic oxidation sites excluding steroid dienone is 4. The highest BCUT2D eigenvalue weighted by Gasteiger charge is 2.50. The predicted octanol–water partition coefficient (Wildman–Crippen LogP) is 4.87. The number of nitrogens with zero attached hydrogens (tertiary/aromatic N) is 2. The number of benzene rings is 2. The number of anilines is 1. The van der Waals surface area contributed by atoms with Gasteiger partial charge < -0.3 is 4.90 Å². The molecule has 33 heavy (non-hydrogen) atoms. The molecule has 0 saturated heterocycles. The summed E-state index contributed by atoms with van der Waals surface area (Å²) >= 11 is 0. The Morgan fingerprint density at radius 3 is 2.45 bits per heavy atom. The van der Waals surface area contributed by atoms with Crippen LogP contribution >= 0.6 is 0 Å². The van der Waals surface area contributed by atoms with Crippen LogP contribution in [0.1, 0.15) is 44.6 Å². The Bertz CT molecular complexity index is 1360. The van der Waals surface area contributed by atoms with E-state index in [4.69, 9.17) is 0 Å². The highest BCUT2D eigenvalue weighted by Crippen LogP contribution is 2.54. The number of nitro groups is 1. The second-order valence-corrected chi connectivity index (χ2v) is 11.7. The summed E-state index contributed by atoms with van der Waals surface area (Å²) in [7, 11) is -3.64. The minimum atomic E-state index is -3.64. The van der Waals surface area contributed by atoms with E-state index in [1.165, 1.54) is 12.1 Å². The monoisotopic (exact) mass is 464 g/mol. The van der Waals surface area contributed by atoms with E-state index in [9.17, 15) is 23.3 Å². The lowest BCUT2D eigenvalue weighted by Gasteiger charge is -2.44. The molecule has 0 aromatic heterocycles. The number of non-ortho nitro benzene ring substituents is 1. The maximum Gasteiger partial charge on any atom is 0.269 e. The molecule has 7 nitrogen and oxygen atoms in total. The van der Waals surface area contributed by atoms with E-state index >= 15 is 0 Å². The number of hydrogen-bond donors (Lipinski definition) is 0. The van der Waals surface area contributed by atoms with Crippen molar-refractivity contribution in [2.24, 2.45) is 5.41 Å². The van der Waals surface area contributed by atoms with Crippen LogP contribution in [0.25, 0.3) is 0 Å². The third-order valence-corrected chi connectivity index (χ3v) is 8.53. The zero-order valence-electron chi connectivity index (χ0n) is 18.4. The molecule has 170 valence electrons. The minimum Gasteiger partial charge on any atom is -0.316 e. The van der Waals surface area contributed by atoms with Crippen LogP contribution in [0.5, 0.6) is 0 Å². The van der Waals surface area contributed by atoms with Gasteiger partial charge in [0.15, 0.2) is 15.6 Å². The van der Waals surface area contributed by atoms with Gasteiger partial charge in [-0.15, -0.1) is 0 Å². The van der Waals surface area contributed by atoms with Crippen molar-refractivity contribution >= 4 is 27.0 Å². The Morgan fingerprint density at radius 1 is 1.03 bits per heavy atom. The summed E-state index contributed by atoms with van der Waals surface area (Å²) in [5.41, 5.74) is 2.79. The fourth-order valence-electron chi connectivity index (χ4n) is 5.36. The smallest absolute Gasteiger partial charge is 0.269 e. The lowest BCUT2D eigenvalue weighted by molar-refractivity contribution is -0.384. The van der Waals surface area contributed by atoms with Crippen LogP contribution in [0.2, 0.25) is 0 Å². The number of nitro benzene ring substituents is 1. The lowest BCUT2D eigenvalue weighted by Crippen LogP contribution is -2.39. The molecule has 0 saturated carbocycles. The van der Waals surface area contributed by atoms with Gasteiger partial charge in [-0.25, -0.2) is 8.42 Å². The maximum absolute atomic E-state index is 13.6. The van der Waals surface area contributed by atoms with Crippen LogP contribution in [0.15, 0.2) is 76.5 Å². The van der Waals surface area contributed by atoms with Gasteiger partial charge >= 0.3 is 0 Å². The Kier molecular flexibility index (Phi) is 4.83. The molecule has 2 aromatic rings. The third kappa shape index (κ3) is 3.49. The molecular formula is C25H24N2O5S. The molecule has 0 N–H and O–H groups in total. The Labute approximate surface area is 192 Å². The van der Waals surface area contributed by atoms with Gasteiger partial charge in [-0.05, 0) is 29.5 Å². The number of rotatable bonds is 3. The van der Waals surface area contributed by atoms with E-state index in [0.29, 0.717) is 36.1 Å². The minimum absolute atomic E-state index is 0.0371. The average molecular weight is 465 g/mol. The summed E-state index contributed by atoms with van der Waals surface area (Å²) in [6.07, 6.45) is 1.23. The molecule has 0 amide bonds. The molecular weight excluding hydrogens is 440 g/mol. The molecule has 2 heterocycles. The Hall–Kier alpha value is -3.26. The van der Waals surface area contributed by atoms with Crippen molar-refractivity contribution in [1.82, 2.24) is 0 Å². The number of hydrogen-bond acceptors (Lipinski definition) is 6. The van der Waals surface area contributed by atoms with Crippen LogP contribution in [0, 0.1) is 15.5 Å². The molecule has 0 radical (unpaired) electrons. The van der Waals surface area contributed by atoms with Gasteiger partial charge in [0.25, 0.3) is 5.69 Å². The van der Waals surface area contributed by atoms with Crippen molar-refractivity contribution in [1.29, 1.82) is 0 Å². The number of carbonyl (C=O) groups is 1. The fourth-order valence-corrected chi connectivity index (χ4v) is 7.21. The zero-order valence-corrected chi connectivity index (χ0v) is 19.3. The first-order valence-electron chi connectivity index (χ1n) is 10.9. The first-order chi connectivity index (χ1) is 15.6. The summed E-state index contributed by atoms with van der Waals surface area (Å²) in [5, 5.41) is 11.4. The summed E-state index contributed by atoms with van der Waals surface area (Å²) in [5.74, 6) is -0.969. The maximum atomic E-state index is 13.6. The molecule has 1 atom stereocenters. The lowest BCUT2D eigenvalue weighted by atomic mass is 9.70. The highest BCUT2D eigenvalue weighted by molar-refractivity contribution is 7.95. The first-order valence-corrected chi connectivity index (χ1v) is 12.6. The van der Waals surface area contributed by atoms with Gasteiger partial charge in [-0.3, -0.25) is 14.9 Å². The summed E-state index contributed by atoms with van der Waals surface area (Å²) in [6.45, 7) is 4.07. The molecule has 0 spiro atoms. The molecule has 0 bridgehead atoms. The summed E-state index contributed by atoms with van der Waals surface area (Å²) in [6, 6.07) is 15.5. The van der Waals surface area contributed by atoms with E-state index in [1.54, 1.807) is 12.1 Å². The van der Waals surface area contributed by atoms with Gasteiger partial charge in [0.2, 0.25) is 0 Å². The van der Waals surface area contributed by atoms with Crippen molar-refractivity contribution in [3.63, 3.8) is 0 Å². The normalized spacial score (nSPS) is 23.4. The second kappa shape index (κ2) is 7.38. The largest absolute Gasteiger partial charge is 0.316 e. The van der Waals surface area contributed by atoms with Crippen LogP contribution < -0.4 is 4.90 Å². The quantitative estimate of drug-likeness (QED) is 0.475. The van der Waals surface area contributed by atoms with Crippen molar-refractivity contribution in [3.8, 4) is 0 Å². The zero-order chi connectivity index (χ0) is 23.5. The summed E-state index contributed by atoms with van der Waals surface area (Å²) < 4.78 is 26.7. The predicted molar refractivity (Wildman–Crippen MR) is 125 cm³/mol. The molecule has 1 aliphatic carbocycles. The molecule has 2 aliphatic heterocycles. The van der Waals surface area contributed by atoms with Crippen LogP contribution in [0.3, 0.4) is 0 Å². The van der Waals surface area contributed by atoms with Gasteiger partial charge in [0, 0.05) is 47.6 Å².